The first kappa shape index (κ1) is 12.4. The minimum atomic E-state index is 0.237. The molecule has 3 heteroatoms. The maximum absolute atomic E-state index is 11.2. The summed E-state index contributed by atoms with van der Waals surface area (Å²) in [7, 11) is 8.38. The molecule has 0 heterocycles. The van der Waals surface area contributed by atoms with Gasteiger partial charge in [-0.05, 0) is 0 Å². The Morgan fingerprint density at radius 1 is 1.31 bits per heavy atom. The largest absolute Gasteiger partial charge is 0.346 e. The number of amides is 1. The molecule has 13 heavy (non-hydrogen) atoms. The van der Waals surface area contributed by atoms with E-state index in [1.54, 1.807) is 0 Å². The van der Waals surface area contributed by atoms with Crippen LogP contribution in [-0.4, -0.2) is 56.6 Å². The van der Waals surface area contributed by atoms with E-state index in [1.165, 1.54) is 0 Å². The predicted molar refractivity (Wildman–Crippen MR) is 55.4 cm³/mol. The van der Waals surface area contributed by atoms with Crippen LogP contribution in [0.4, 0.5) is 0 Å². The summed E-state index contributed by atoms with van der Waals surface area (Å²) in [5, 5.41) is 0. The molecule has 0 bridgehead atoms. The van der Waals surface area contributed by atoms with Crippen LogP contribution < -0.4 is 0 Å². The van der Waals surface area contributed by atoms with Gasteiger partial charge >= 0.3 is 0 Å². The molecular weight excluding hydrogens is 164 g/mol. The molecule has 0 aromatic heterocycles. The lowest BCUT2D eigenvalue weighted by atomic mass is 10.3. The van der Waals surface area contributed by atoms with Crippen molar-refractivity contribution in [3.8, 4) is 0 Å². The van der Waals surface area contributed by atoms with E-state index in [0.717, 1.165) is 24.0 Å². The summed E-state index contributed by atoms with van der Waals surface area (Å²) in [6.07, 6.45) is 1.69. The van der Waals surface area contributed by atoms with Crippen LogP contribution in [0, 0.1) is 0 Å². The highest BCUT2D eigenvalue weighted by atomic mass is 16.2. The van der Waals surface area contributed by atoms with Crippen LogP contribution in [0.1, 0.15) is 19.8 Å². The molecule has 0 aromatic carbocycles. The molecule has 0 fully saturated rings. The van der Waals surface area contributed by atoms with Crippen molar-refractivity contribution in [2.24, 2.45) is 0 Å². The van der Waals surface area contributed by atoms with Crippen molar-refractivity contribution in [3.05, 3.63) is 0 Å². The second-order valence-electron chi connectivity index (χ2n) is 4.54. The van der Waals surface area contributed by atoms with Gasteiger partial charge < -0.3 is 9.38 Å². The lowest BCUT2D eigenvalue weighted by molar-refractivity contribution is -0.870. The Morgan fingerprint density at radius 3 is 2.23 bits per heavy atom. The Labute approximate surface area is 81.9 Å². The molecule has 0 radical (unpaired) electrons. The zero-order valence-electron chi connectivity index (χ0n) is 9.63. The van der Waals surface area contributed by atoms with Gasteiger partial charge in [0.1, 0.15) is 0 Å². The smallest absolute Gasteiger partial charge is 0.222 e. The van der Waals surface area contributed by atoms with E-state index >= 15 is 0 Å². The summed E-state index contributed by atoms with van der Waals surface area (Å²) in [4.78, 5) is 13.0. The standard InChI is InChI=1S/C10H23N2O/c1-6-10(13)11(2)8-7-9-12(3,4)5/h6-9H2,1-5H3/q+1. The Balaban J connectivity index is 3.59. The fraction of sp³-hybridized carbons (Fsp3) is 0.900. The van der Waals surface area contributed by atoms with E-state index in [4.69, 9.17) is 0 Å². The topological polar surface area (TPSA) is 20.3 Å². The summed E-state index contributed by atoms with van der Waals surface area (Å²) < 4.78 is 0.966. The predicted octanol–water partition coefficient (Wildman–Crippen LogP) is 0.951. The highest BCUT2D eigenvalue weighted by Gasteiger charge is 2.09. The zero-order valence-corrected chi connectivity index (χ0v) is 9.63. The van der Waals surface area contributed by atoms with E-state index in [-0.39, 0.29) is 5.91 Å². The van der Waals surface area contributed by atoms with Gasteiger partial charge in [-0.15, -0.1) is 0 Å². The summed E-state index contributed by atoms with van der Waals surface area (Å²) >= 11 is 0. The quantitative estimate of drug-likeness (QED) is 0.587. The highest BCUT2D eigenvalue weighted by Crippen LogP contribution is 1.97. The molecule has 0 N–H and O–H groups in total. The molecule has 0 aliphatic rings. The number of carbonyl (C=O) groups excluding carboxylic acids is 1. The van der Waals surface area contributed by atoms with Crippen LogP contribution in [0.5, 0.6) is 0 Å². The maximum Gasteiger partial charge on any atom is 0.222 e. The van der Waals surface area contributed by atoms with Gasteiger partial charge in [0.2, 0.25) is 5.91 Å². The van der Waals surface area contributed by atoms with Crippen LogP contribution in [-0.2, 0) is 4.79 Å². The monoisotopic (exact) mass is 187 g/mol. The van der Waals surface area contributed by atoms with Gasteiger partial charge in [-0.1, -0.05) is 6.92 Å². The van der Waals surface area contributed by atoms with Gasteiger partial charge in [0.25, 0.3) is 0 Å². The molecule has 3 nitrogen and oxygen atoms in total. The van der Waals surface area contributed by atoms with E-state index in [2.05, 4.69) is 21.1 Å². The molecule has 0 rings (SSSR count). The molecule has 0 saturated carbocycles. The fourth-order valence-electron chi connectivity index (χ4n) is 1.18. The SMILES string of the molecule is CCC(=O)N(C)CCC[N+](C)(C)C. The van der Waals surface area contributed by atoms with Gasteiger partial charge in [-0.2, -0.15) is 0 Å². The van der Waals surface area contributed by atoms with Crippen molar-refractivity contribution in [2.45, 2.75) is 19.8 Å². The van der Waals surface area contributed by atoms with Crippen molar-refractivity contribution in [3.63, 3.8) is 0 Å². The van der Waals surface area contributed by atoms with Gasteiger partial charge in [0.15, 0.2) is 0 Å². The Kier molecular flexibility index (Phi) is 4.99. The number of rotatable bonds is 5. The van der Waals surface area contributed by atoms with Crippen molar-refractivity contribution in [2.75, 3.05) is 41.3 Å². The van der Waals surface area contributed by atoms with Crippen LogP contribution in [0.2, 0.25) is 0 Å². The average Bonchev–Trinajstić information content (AvgIpc) is 2.00. The third-order valence-electron chi connectivity index (χ3n) is 2.05. The normalized spacial score (nSPS) is 11.5. The summed E-state index contributed by atoms with van der Waals surface area (Å²) in [5.41, 5.74) is 0. The first-order valence-electron chi connectivity index (χ1n) is 4.91. The van der Waals surface area contributed by atoms with Crippen molar-refractivity contribution in [1.82, 2.24) is 4.90 Å². The Bertz CT molecular complexity index is 161. The zero-order chi connectivity index (χ0) is 10.5. The number of hydrogen-bond donors (Lipinski definition) is 0. The first-order valence-corrected chi connectivity index (χ1v) is 4.91. The lowest BCUT2D eigenvalue weighted by Gasteiger charge is -2.25. The van der Waals surface area contributed by atoms with Crippen LogP contribution in [0.15, 0.2) is 0 Å². The van der Waals surface area contributed by atoms with Gasteiger partial charge in [0.05, 0.1) is 27.7 Å². The molecule has 1 amide bonds. The molecule has 78 valence electrons. The number of nitrogens with zero attached hydrogens (tertiary/aromatic N) is 2. The Hall–Kier alpha value is -0.570. The first-order chi connectivity index (χ1) is 5.87. The van der Waals surface area contributed by atoms with Crippen molar-refractivity contribution < 1.29 is 9.28 Å². The molecule has 0 spiro atoms. The second-order valence-corrected chi connectivity index (χ2v) is 4.54. The van der Waals surface area contributed by atoms with Crippen molar-refractivity contribution in [1.29, 1.82) is 0 Å². The molecule has 0 unspecified atom stereocenters. The third kappa shape index (κ3) is 6.58. The number of carbonyl (C=O) groups is 1. The lowest BCUT2D eigenvalue weighted by Crippen LogP contribution is -2.37. The molecule has 0 atom stereocenters. The number of quaternary nitrogens is 1. The minimum Gasteiger partial charge on any atom is -0.346 e. The summed E-state index contributed by atoms with van der Waals surface area (Å²) in [5.74, 6) is 0.237. The molecule has 0 aromatic rings. The third-order valence-corrected chi connectivity index (χ3v) is 2.05. The van der Waals surface area contributed by atoms with Crippen LogP contribution >= 0.6 is 0 Å². The molecule has 0 saturated heterocycles. The summed E-state index contributed by atoms with van der Waals surface area (Å²) in [6, 6.07) is 0. The molecular formula is C10H23N2O+. The van der Waals surface area contributed by atoms with E-state index in [0.29, 0.717) is 6.42 Å². The maximum atomic E-state index is 11.2. The van der Waals surface area contributed by atoms with E-state index < -0.39 is 0 Å². The average molecular weight is 187 g/mol. The van der Waals surface area contributed by atoms with Gasteiger partial charge in [-0.3, -0.25) is 4.79 Å². The highest BCUT2D eigenvalue weighted by molar-refractivity contribution is 5.75. The Morgan fingerprint density at radius 2 is 1.85 bits per heavy atom. The fourth-order valence-corrected chi connectivity index (χ4v) is 1.18. The van der Waals surface area contributed by atoms with E-state index in [1.807, 2.05) is 18.9 Å². The van der Waals surface area contributed by atoms with Crippen molar-refractivity contribution >= 4 is 5.91 Å². The summed E-state index contributed by atoms with van der Waals surface area (Å²) in [6.45, 7) is 3.89. The van der Waals surface area contributed by atoms with Crippen LogP contribution in [0.3, 0.4) is 0 Å². The minimum absolute atomic E-state index is 0.237. The molecule has 0 aliphatic carbocycles. The molecule has 0 aliphatic heterocycles. The van der Waals surface area contributed by atoms with Gasteiger partial charge in [-0.25, -0.2) is 0 Å². The second kappa shape index (κ2) is 5.22. The number of hydrogen-bond acceptors (Lipinski definition) is 1. The van der Waals surface area contributed by atoms with Gasteiger partial charge in [0, 0.05) is 26.4 Å². The van der Waals surface area contributed by atoms with E-state index in [9.17, 15) is 4.79 Å². The van der Waals surface area contributed by atoms with Crippen LogP contribution in [0.25, 0.3) is 0 Å².